The van der Waals surface area contributed by atoms with E-state index >= 15 is 0 Å². The van der Waals surface area contributed by atoms with Crippen LogP contribution >= 0.6 is 15.9 Å². The van der Waals surface area contributed by atoms with Crippen LogP contribution in [0.4, 0.5) is 13.2 Å². The summed E-state index contributed by atoms with van der Waals surface area (Å²) >= 11 is 2.92. The van der Waals surface area contributed by atoms with Gasteiger partial charge in [-0.3, -0.25) is 0 Å². The second-order valence-electron chi connectivity index (χ2n) is 4.19. The number of nitrogens with zero attached hydrogens (tertiary/aromatic N) is 2. The maximum absolute atomic E-state index is 12.8. The number of hydrogen-bond acceptors (Lipinski definition) is 2. The normalized spacial score (nSPS) is 11.8. The molecule has 0 spiro atoms. The van der Waals surface area contributed by atoms with Gasteiger partial charge in [0, 0.05) is 17.2 Å². The summed E-state index contributed by atoms with van der Waals surface area (Å²) in [7, 11) is 0. The van der Waals surface area contributed by atoms with Crippen LogP contribution in [0.1, 0.15) is 18.2 Å². The molecule has 1 heterocycles. The maximum atomic E-state index is 12.8. The number of halogens is 4. The average Bonchev–Trinajstić information content (AvgIpc) is 2.84. The summed E-state index contributed by atoms with van der Waals surface area (Å²) in [5.41, 5.74) is 0.449. The number of rotatable bonds is 4. The van der Waals surface area contributed by atoms with E-state index in [2.05, 4.69) is 26.3 Å². The quantitative estimate of drug-likeness (QED) is 0.912. The summed E-state index contributed by atoms with van der Waals surface area (Å²) in [6, 6.07) is 5.82. The van der Waals surface area contributed by atoms with E-state index in [1.54, 1.807) is 18.3 Å². The Balaban J connectivity index is 2.31. The molecule has 1 N–H and O–H groups in total. The summed E-state index contributed by atoms with van der Waals surface area (Å²) in [5, 5.41) is 7.35. The van der Waals surface area contributed by atoms with Gasteiger partial charge in [-0.25, -0.2) is 4.68 Å². The van der Waals surface area contributed by atoms with Crippen LogP contribution in [0.2, 0.25) is 0 Å². The Bertz CT molecular complexity index is 593. The monoisotopic (exact) mass is 347 g/mol. The lowest BCUT2D eigenvalue weighted by Crippen LogP contribution is -2.12. The van der Waals surface area contributed by atoms with Crippen LogP contribution in [-0.4, -0.2) is 16.3 Å². The first-order valence-corrected chi connectivity index (χ1v) is 6.83. The highest BCUT2D eigenvalue weighted by Gasteiger charge is 2.33. The summed E-state index contributed by atoms with van der Waals surface area (Å²) in [6.07, 6.45) is -2.75. The van der Waals surface area contributed by atoms with Gasteiger partial charge >= 0.3 is 6.18 Å². The van der Waals surface area contributed by atoms with Crippen molar-refractivity contribution in [2.45, 2.75) is 19.6 Å². The van der Waals surface area contributed by atoms with Crippen LogP contribution in [0.25, 0.3) is 5.69 Å². The number of benzene rings is 1. The molecule has 0 amide bonds. The van der Waals surface area contributed by atoms with Crippen molar-refractivity contribution >= 4 is 15.9 Å². The zero-order chi connectivity index (χ0) is 14.8. The van der Waals surface area contributed by atoms with Crippen LogP contribution in [-0.2, 0) is 12.7 Å². The van der Waals surface area contributed by atoms with Crippen LogP contribution in [0.15, 0.2) is 34.9 Å². The molecule has 0 aliphatic heterocycles. The van der Waals surface area contributed by atoms with E-state index in [0.717, 1.165) is 18.3 Å². The van der Waals surface area contributed by atoms with E-state index in [0.29, 0.717) is 12.2 Å². The fourth-order valence-corrected chi connectivity index (χ4v) is 2.20. The second-order valence-corrected chi connectivity index (χ2v) is 5.05. The Morgan fingerprint density at radius 3 is 2.70 bits per heavy atom. The van der Waals surface area contributed by atoms with Gasteiger partial charge in [0.05, 0.1) is 16.9 Å². The highest BCUT2D eigenvalue weighted by Crippen LogP contribution is 2.35. The van der Waals surface area contributed by atoms with Gasteiger partial charge in [-0.2, -0.15) is 18.3 Å². The van der Waals surface area contributed by atoms with Crippen molar-refractivity contribution in [3.05, 3.63) is 46.2 Å². The Hall–Kier alpha value is -1.34. The summed E-state index contributed by atoms with van der Waals surface area (Å²) in [6.45, 7) is 3.37. The number of hydrogen-bond donors (Lipinski definition) is 1. The number of nitrogens with one attached hydrogen (secondary N) is 1. The zero-order valence-corrected chi connectivity index (χ0v) is 12.3. The van der Waals surface area contributed by atoms with E-state index < -0.39 is 11.7 Å². The fourth-order valence-electron chi connectivity index (χ4n) is 1.73. The van der Waals surface area contributed by atoms with Crippen molar-refractivity contribution in [1.29, 1.82) is 0 Å². The van der Waals surface area contributed by atoms with Crippen molar-refractivity contribution < 1.29 is 13.2 Å². The predicted octanol–water partition coefficient (Wildman–Crippen LogP) is 3.76. The van der Waals surface area contributed by atoms with Crippen LogP contribution in [0.3, 0.4) is 0 Å². The molecule has 3 nitrogen and oxygen atoms in total. The topological polar surface area (TPSA) is 29.9 Å². The molecular weight excluding hydrogens is 335 g/mol. The summed E-state index contributed by atoms with van der Waals surface area (Å²) < 4.78 is 40.0. The van der Waals surface area contributed by atoms with Crippen molar-refractivity contribution in [3.63, 3.8) is 0 Å². The van der Waals surface area contributed by atoms with Gasteiger partial charge in [0.25, 0.3) is 0 Å². The largest absolute Gasteiger partial charge is 0.417 e. The second kappa shape index (κ2) is 5.97. The third kappa shape index (κ3) is 3.40. The lowest BCUT2D eigenvalue weighted by atomic mass is 10.2. The molecule has 0 aliphatic carbocycles. The first-order valence-electron chi connectivity index (χ1n) is 6.04. The minimum Gasteiger partial charge on any atom is -0.311 e. The van der Waals surface area contributed by atoms with Crippen molar-refractivity contribution in [2.24, 2.45) is 0 Å². The highest BCUT2D eigenvalue weighted by molar-refractivity contribution is 9.10. The molecule has 2 rings (SSSR count). The Kier molecular flexibility index (Phi) is 4.49. The standard InChI is InChI=1S/C13H13BrF3N3/c1-2-18-8-9-5-6-20(19-9)10-3-4-12(14)11(7-10)13(15,16)17/h3-7,18H,2,8H2,1H3. The molecule has 1 aromatic carbocycles. The Morgan fingerprint density at radius 1 is 1.30 bits per heavy atom. The van der Waals surface area contributed by atoms with Gasteiger partial charge in [0.2, 0.25) is 0 Å². The Morgan fingerprint density at radius 2 is 2.05 bits per heavy atom. The van der Waals surface area contributed by atoms with E-state index in [1.165, 1.54) is 10.7 Å². The molecule has 20 heavy (non-hydrogen) atoms. The van der Waals surface area contributed by atoms with Gasteiger partial charge in [0.1, 0.15) is 0 Å². The molecule has 0 radical (unpaired) electrons. The Labute approximate surface area is 122 Å². The predicted molar refractivity (Wildman–Crippen MR) is 73.6 cm³/mol. The molecule has 2 aromatic rings. The molecule has 0 fully saturated rings. The summed E-state index contributed by atoms with van der Waals surface area (Å²) in [4.78, 5) is 0. The molecule has 1 aromatic heterocycles. The average molecular weight is 348 g/mol. The molecule has 7 heteroatoms. The van der Waals surface area contributed by atoms with Crippen molar-refractivity contribution in [3.8, 4) is 5.69 Å². The molecule has 0 saturated heterocycles. The SMILES string of the molecule is CCNCc1ccn(-c2ccc(Br)c(C(F)(F)F)c2)n1. The van der Waals surface area contributed by atoms with Crippen LogP contribution in [0, 0.1) is 0 Å². The van der Waals surface area contributed by atoms with Gasteiger partial charge in [-0.1, -0.05) is 22.9 Å². The molecule has 0 bridgehead atoms. The highest BCUT2D eigenvalue weighted by atomic mass is 79.9. The minimum absolute atomic E-state index is 0.0220. The van der Waals surface area contributed by atoms with Gasteiger partial charge < -0.3 is 5.32 Å². The lowest BCUT2D eigenvalue weighted by Gasteiger charge is -2.11. The van der Waals surface area contributed by atoms with Gasteiger partial charge in [-0.05, 0) is 30.8 Å². The molecule has 0 atom stereocenters. The zero-order valence-electron chi connectivity index (χ0n) is 10.7. The summed E-state index contributed by atoms with van der Waals surface area (Å²) in [5.74, 6) is 0. The van der Waals surface area contributed by atoms with Crippen molar-refractivity contribution in [1.82, 2.24) is 15.1 Å². The first kappa shape index (κ1) is 15.1. The fraction of sp³-hybridized carbons (Fsp3) is 0.308. The molecule has 0 aliphatic rings. The molecule has 0 saturated carbocycles. The van der Waals surface area contributed by atoms with Crippen LogP contribution in [0.5, 0.6) is 0 Å². The van der Waals surface area contributed by atoms with E-state index in [1.807, 2.05) is 6.92 Å². The van der Waals surface area contributed by atoms with Gasteiger partial charge in [0.15, 0.2) is 0 Å². The maximum Gasteiger partial charge on any atom is 0.417 e. The molecule has 0 unspecified atom stereocenters. The third-order valence-corrected chi connectivity index (χ3v) is 3.41. The first-order chi connectivity index (χ1) is 9.41. The molecule has 108 valence electrons. The van der Waals surface area contributed by atoms with E-state index in [-0.39, 0.29) is 4.47 Å². The minimum atomic E-state index is -4.39. The lowest BCUT2D eigenvalue weighted by molar-refractivity contribution is -0.138. The van der Waals surface area contributed by atoms with E-state index in [4.69, 9.17) is 0 Å². The van der Waals surface area contributed by atoms with E-state index in [9.17, 15) is 13.2 Å². The van der Waals surface area contributed by atoms with Gasteiger partial charge in [-0.15, -0.1) is 0 Å². The number of alkyl halides is 3. The number of aromatic nitrogens is 2. The molecular formula is C13H13BrF3N3. The van der Waals surface area contributed by atoms with Crippen molar-refractivity contribution in [2.75, 3.05) is 6.54 Å². The smallest absolute Gasteiger partial charge is 0.311 e. The van der Waals surface area contributed by atoms with Crippen LogP contribution < -0.4 is 5.32 Å². The third-order valence-electron chi connectivity index (χ3n) is 2.72.